The van der Waals surface area contributed by atoms with Gasteiger partial charge in [0.15, 0.2) is 0 Å². The Kier molecular flexibility index (Phi) is 7.89. The minimum Gasteiger partial charge on any atom is -0.494 e. The molecular weight excluding hydrogens is 513 g/mol. The zero-order chi connectivity index (χ0) is 26.9. The molecule has 198 valence electrons. The molecule has 0 spiro atoms. The molecule has 0 unspecified atom stereocenters. The van der Waals surface area contributed by atoms with Gasteiger partial charge in [-0.15, -0.1) is 0 Å². The lowest BCUT2D eigenvalue weighted by Gasteiger charge is -2.44. The van der Waals surface area contributed by atoms with Gasteiger partial charge in [-0.1, -0.05) is 23.2 Å². The summed E-state index contributed by atoms with van der Waals surface area (Å²) < 4.78 is 5.67. The molecule has 2 aromatic carbocycles. The summed E-state index contributed by atoms with van der Waals surface area (Å²) in [5, 5.41) is 17.8. The smallest absolute Gasteiger partial charge is 0.229 e. The number of aliphatic hydroxyl groups is 1. The van der Waals surface area contributed by atoms with Gasteiger partial charge in [-0.25, -0.2) is 4.98 Å². The Morgan fingerprint density at radius 3 is 2.51 bits per heavy atom. The molecule has 0 saturated carbocycles. The Balaban J connectivity index is 1.58. The standard InChI is InChI=1S/C26H33Cl2N7O2/c1-26(2,36)16-10-17(27)18(28)11-20(16)31-24-6-8-30-25(33-24)32-21-12-19(29)22(13-23(21)37-5)35-9-7-15(35)14-34(3)4/h6,8,10-13,15,36H,7,9,14,29H2,1-5H3,(H2,30,31,32,33)/t15-/m1/s1. The van der Waals surface area contributed by atoms with Gasteiger partial charge in [0, 0.05) is 42.6 Å². The first kappa shape index (κ1) is 27.1. The number of aromatic nitrogens is 2. The average molecular weight is 547 g/mol. The SMILES string of the molecule is COc1cc(N2CC[C@@H]2CN(C)C)c(N)cc1Nc1nccc(Nc2cc(Cl)c(Cl)cc2C(C)(C)O)n1. The van der Waals surface area contributed by atoms with Gasteiger partial charge in [-0.3, -0.25) is 0 Å². The number of nitrogens with two attached hydrogens (primary N) is 1. The highest BCUT2D eigenvalue weighted by Crippen LogP contribution is 2.40. The number of anilines is 6. The first-order valence-electron chi connectivity index (χ1n) is 11.9. The van der Waals surface area contributed by atoms with E-state index in [1.807, 2.05) is 12.1 Å². The van der Waals surface area contributed by atoms with Crippen molar-refractivity contribution in [3.05, 3.63) is 52.1 Å². The molecule has 1 aliphatic heterocycles. The van der Waals surface area contributed by atoms with Gasteiger partial charge >= 0.3 is 0 Å². The van der Waals surface area contributed by atoms with Crippen molar-refractivity contribution in [2.45, 2.75) is 31.9 Å². The molecule has 1 atom stereocenters. The fourth-order valence-electron chi connectivity index (χ4n) is 4.37. The molecule has 1 aromatic heterocycles. The Morgan fingerprint density at radius 2 is 1.89 bits per heavy atom. The number of benzene rings is 2. The molecule has 4 rings (SSSR count). The predicted molar refractivity (Wildman–Crippen MR) is 152 cm³/mol. The topological polar surface area (TPSA) is 112 Å². The van der Waals surface area contributed by atoms with E-state index in [1.54, 1.807) is 45.4 Å². The quantitative estimate of drug-likeness (QED) is 0.268. The summed E-state index contributed by atoms with van der Waals surface area (Å²) in [7, 11) is 5.77. The van der Waals surface area contributed by atoms with Crippen LogP contribution in [0.1, 0.15) is 25.8 Å². The lowest BCUT2D eigenvalue weighted by atomic mass is 9.96. The number of hydrogen-bond acceptors (Lipinski definition) is 9. The number of nitrogens with zero attached hydrogens (tertiary/aromatic N) is 4. The number of nitrogen functional groups attached to an aromatic ring is 1. The fraction of sp³-hybridized carbons (Fsp3) is 0.385. The van der Waals surface area contributed by atoms with Crippen LogP contribution in [0.15, 0.2) is 36.5 Å². The van der Waals surface area contributed by atoms with Crippen molar-refractivity contribution in [3.63, 3.8) is 0 Å². The van der Waals surface area contributed by atoms with Crippen LogP contribution in [0.5, 0.6) is 5.75 Å². The molecule has 11 heteroatoms. The van der Waals surface area contributed by atoms with Crippen LogP contribution in [0.25, 0.3) is 0 Å². The summed E-state index contributed by atoms with van der Waals surface area (Å²) in [5.41, 5.74) is 8.73. The van der Waals surface area contributed by atoms with Gasteiger partial charge in [0.05, 0.1) is 39.8 Å². The maximum atomic E-state index is 10.6. The maximum Gasteiger partial charge on any atom is 0.229 e. The number of halogens is 2. The minimum atomic E-state index is -1.15. The molecule has 5 N–H and O–H groups in total. The zero-order valence-electron chi connectivity index (χ0n) is 21.6. The van der Waals surface area contributed by atoms with Gasteiger partial charge in [0.1, 0.15) is 11.6 Å². The highest BCUT2D eigenvalue weighted by Gasteiger charge is 2.30. The number of nitrogens with one attached hydrogen (secondary N) is 2. The number of likely N-dealkylation sites (N-methyl/N-ethyl adjacent to an activating group) is 1. The van der Waals surface area contributed by atoms with Crippen LogP contribution in [0.2, 0.25) is 10.0 Å². The number of rotatable bonds is 9. The highest BCUT2D eigenvalue weighted by molar-refractivity contribution is 6.42. The van der Waals surface area contributed by atoms with Crippen molar-refractivity contribution in [1.29, 1.82) is 0 Å². The monoisotopic (exact) mass is 545 g/mol. The molecule has 3 aromatic rings. The number of hydrogen-bond donors (Lipinski definition) is 4. The number of methoxy groups -OCH3 is 1. The van der Waals surface area contributed by atoms with Gasteiger partial charge < -0.3 is 36.0 Å². The number of ether oxygens (including phenoxy) is 1. The molecule has 1 fully saturated rings. The van der Waals surface area contributed by atoms with Crippen LogP contribution >= 0.6 is 23.2 Å². The highest BCUT2D eigenvalue weighted by atomic mass is 35.5. The van der Waals surface area contributed by atoms with E-state index in [0.29, 0.717) is 56.2 Å². The lowest BCUT2D eigenvalue weighted by molar-refractivity contribution is 0.0794. The Labute approximate surface area is 227 Å². The van der Waals surface area contributed by atoms with Crippen LogP contribution in [0, 0.1) is 0 Å². The Bertz CT molecular complexity index is 1280. The molecule has 1 aliphatic rings. The molecule has 9 nitrogen and oxygen atoms in total. The first-order valence-corrected chi connectivity index (χ1v) is 12.7. The molecular formula is C26H33Cl2N7O2. The van der Waals surface area contributed by atoms with Crippen LogP contribution < -0.4 is 26.0 Å². The summed E-state index contributed by atoms with van der Waals surface area (Å²) >= 11 is 12.4. The fourth-order valence-corrected chi connectivity index (χ4v) is 4.70. The molecule has 0 bridgehead atoms. The third-order valence-corrected chi connectivity index (χ3v) is 6.98. The summed E-state index contributed by atoms with van der Waals surface area (Å²) in [6, 6.07) is 9.23. The van der Waals surface area contributed by atoms with E-state index >= 15 is 0 Å². The third kappa shape index (κ3) is 6.13. The summed E-state index contributed by atoms with van der Waals surface area (Å²) in [4.78, 5) is 13.4. The summed E-state index contributed by atoms with van der Waals surface area (Å²) in [6.07, 6.45) is 2.75. The van der Waals surface area contributed by atoms with Crippen LogP contribution in [-0.2, 0) is 5.60 Å². The lowest BCUT2D eigenvalue weighted by Crippen LogP contribution is -2.52. The Morgan fingerprint density at radius 1 is 1.16 bits per heavy atom. The Hall–Kier alpha value is -2.98. The van der Waals surface area contributed by atoms with Crippen molar-refractivity contribution in [2.24, 2.45) is 0 Å². The molecule has 37 heavy (non-hydrogen) atoms. The van der Waals surface area contributed by atoms with Crippen molar-refractivity contribution < 1.29 is 9.84 Å². The van der Waals surface area contributed by atoms with E-state index < -0.39 is 5.60 Å². The normalized spacial score (nSPS) is 15.5. The van der Waals surface area contributed by atoms with Crippen LogP contribution in [0.4, 0.5) is 34.5 Å². The van der Waals surface area contributed by atoms with Crippen molar-refractivity contribution in [2.75, 3.05) is 55.6 Å². The molecule has 0 radical (unpaired) electrons. The van der Waals surface area contributed by atoms with Crippen LogP contribution in [-0.4, -0.2) is 60.3 Å². The first-order chi connectivity index (χ1) is 17.5. The van der Waals surface area contributed by atoms with Crippen molar-refractivity contribution >= 4 is 57.7 Å². The molecule has 1 saturated heterocycles. The second-order valence-corrected chi connectivity index (χ2v) is 10.7. The van der Waals surface area contributed by atoms with E-state index in [4.69, 9.17) is 33.7 Å². The van der Waals surface area contributed by atoms with Gasteiger partial charge in [-0.2, -0.15) is 4.98 Å². The van der Waals surface area contributed by atoms with E-state index in [2.05, 4.69) is 44.5 Å². The third-order valence-electron chi connectivity index (χ3n) is 6.26. The molecule has 0 amide bonds. The van der Waals surface area contributed by atoms with Crippen molar-refractivity contribution in [1.82, 2.24) is 14.9 Å². The maximum absolute atomic E-state index is 10.6. The predicted octanol–water partition coefficient (Wildman–Crippen LogP) is 5.23. The summed E-state index contributed by atoms with van der Waals surface area (Å²) in [5.74, 6) is 1.47. The van der Waals surface area contributed by atoms with E-state index in [0.717, 1.165) is 25.2 Å². The zero-order valence-corrected chi connectivity index (χ0v) is 23.2. The second kappa shape index (κ2) is 10.8. The second-order valence-electron chi connectivity index (χ2n) is 9.90. The van der Waals surface area contributed by atoms with Crippen LogP contribution in [0.3, 0.4) is 0 Å². The van der Waals surface area contributed by atoms with Crippen molar-refractivity contribution in [3.8, 4) is 5.75 Å². The largest absolute Gasteiger partial charge is 0.494 e. The minimum absolute atomic E-state index is 0.342. The average Bonchev–Trinajstić information content (AvgIpc) is 2.80. The van der Waals surface area contributed by atoms with Gasteiger partial charge in [0.25, 0.3) is 0 Å². The molecule has 0 aliphatic carbocycles. The van der Waals surface area contributed by atoms with Gasteiger partial charge in [-0.05, 0) is 58.6 Å². The molecule has 2 heterocycles. The summed E-state index contributed by atoms with van der Waals surface area (Å²) in [6.45, 7) is 5.27. The van der Waals surface area contributed by atoms with E-state index in [9.17, 15) is 5.11 Å². The van der Waals surface area contributed by atoms with Gasteiger partial charge in [0.2, 0.25) is 5.95 Å². The van der Waals surface area contributed by atoms with E-state index in [1.165, 1.54) is 0 Å². The van der Waals surface area contributed by atoms with E-state index in [-0.39, 0.29) is 0 Å².